The molecule has 0 aliphatic heterocycles. The van der Waals surface area contributed by atoms with E-state index in [2.05, 4.69) is 4.98 Å². The molecule has 2 rings (SSSR count). The number of alkyl halides is 6. The molecule has 0 spiro atoms. The van der Waals surface area contributed by atoms with Crippen LogP contribution in [-0.2, 0) is 12.4 Å². The van der Waals surface area contributed by atoms with E-state index in [1.807, 2.05) is 0 Å². The van der Waals surface area contributed by atoms with E-state index in [0.29, 0.717) is 18.5 Å². The predicted molar refractivity (Wildman–Crippen MR) is 60.5 cm³/mol. The Morgan fingerprint density at radius 1 is 1.09 bits per heavy atom. The summed E-state index contributed by atoms with van der Waals surface area (Å²) in [5.74, 6) is -1.93. The van der Waals surface area contributed by atoms with Crippen LogP contribution in [0.3, 0.4) is 0 Å². The third-order valence-electron chi connectivity index (χ3n) is 2.69. The van der Waals surface area contributed by atoms with Gasteiger partial charge < -0.3 is 5.11 Å². The summed E-state index contributed by atoms with van der Waals surface area (Å²) in [5.41, 5.74) is -4.60. The number of carboxylic acids is 1. The van der Waals surface area contributed by atoms with Gasteiger partial charge in [0.2, 0.25) is 0 Å². The molecular weight excluding hydrogens is 318 g/mol. The smallest absolute Gasteiger partial charge is 0.434 e. The van der Waals surface area contributed by atoms with Gasteiger partial charge in [0.15, 0.2) is 11.4 Å². The number of hydrogen-bond acceptors (Lipinski definition) is 2. The minimum Gasteiger partial charge on any atom is -0.476 e. The van der Waals surface area contributed by atoms with Gasteiger partial charge in [-0.3, -0.25) is 4.57 Å². The Hall–Kier alpha value is -2.52. The van der Waals surface area contributed by atoms with Crippen LogP contribution in [0, 0.1) is 0 Å². The quantitative estimate of drug-likeness (QED) is 0.859. The average molecular weight is 324 g/mol. The lowest BCUT2D eigenvalue weighted by molar-refractivity contribution is -0.142. The molecule has 0 bridgehead atoms. The Morgan fingerprint density at radius 2 is 1.73 bits per heavy atom. The molecule has 0 saturated heterocycles. The fourth-order valence-electron chi connectivity index (χ4n) is 1.80. The molecule has 1 N–H and O–H groups in total. The van der Waals surface area contributed by atoms with Crippen molar-refractivity contribution in [1.29, 1.82) is 0 Å². The van der Waals surface area contributed by atoms with Crippen LogP contribution >= 0.6 is 0 Å². The minimum absolute atomic E-state index is 0.263. The van der Waals surface area contributed by atoms with E-state index in [-0.39, 0.29) is 4.57 Å². The van der Waals surface area contributed by atoms with E-state index in [1.54, 1.807) is 0 Å². The monoisotopic (exact) mass is 324 g/mol. The summed E-state index contributed by atoms with van der Waals surface area (Å²) in [6, 6.07) is 3.06. The number of carbonyl (C=O) groups is 1. The largest absolute Gasteiger partial charge is 0.476 e. The normalized spacial score (nSPS) is 12.5. The number of benzene rings is 1. The number of hydrogen-bond donors (Lipinski definition) is 1. The van der Waals surface area contributed by atoms with Crippen molar-refractivity contribution in [2.24, 2.45) is 0 Å². The Balaban J connectivity index is 2.66. The molecule has 1 aromatic carbocycles. The molecule has 0 amide bonds. The van der Waals surface area contributed by atoms with Crippen molar-refractivity contribution >= 4 is 5.97 Å². The molecule has 0 unspecified atom stereocenters. The second-order valence-corrected chi connectivity index (χ2v) is 4.16. The van der Waals surface area contributed by atoms with Crippen molar-refractivity contribution in [2.45, 2.75) is 12.4 Å². The van der Waals surface area contributed by atoms with Crippen LogP contribution in [0.4, 0.5) is 26.3 Å². The average Bonchev–Trinajstić information content (AvgIpc) is 2.82. The predicted octanol–water partition coefficient (Wildman–Crippen LogP) is 3.61. The van der Waals surface area contributed by atoms with Gasteiger partial charge in [-0.15, -0.1) is 0 Å². The first-order chi connectivity index (χ1) is 10.0. The van der Waals surface area contributed by atoms with Crippen LogP contribution in [0.5, 0.6) is 0 Å². The standard InChI is InChI=1S/C12H6F6N2O2/c13-11(14,15)6-2-1-3-7(4-6)20-5-19-8(10(21)22)9(20)12(16,17)18/h1-5H,(H,21,22). The highest BCUT2D eigenvalue weighted by molar-refractivity contribution is 5.87. The molecule has 4 nitrogen and oxygen atoms in total. The maximum absolute atomic E-state index is 13.0. The molecule has 118 valence electrons. The molecule has 2 aromatic rings. The minimum atomic E-state index is -5.10. The second-order valence-electron chi connectivity index (χ2n) is 4.16. The topological polar surface area (TPSA) is 55.1 Å². The Morgan fingerprint density at radius 3 is 2.23 bits per heavy atom. The first-order valence-electron chi connectivity index (χ1n) is 5.57. The number of nitrogens with zero attached hydrogens (tertiary/aromatic N) is 2. The summed E-state index contributed by atoms with van der Waals surface area (Å²) in [4.78, 5) is 13.9. The SMILES string of the molecule is O=C(O)c1ncn(-c2cccc(C(F)(F)F)c2)c1C(F)(F)F. The number of aromatic nitrogens is 2. The van der Waals surface area contributed by atoms with E-state index < -0.39 is 41.0 Å². The van der Waals surface area contributed by atoms with Crippen molar-refractivity contribution in [1.82, 2.24) is 9.55 Å². The summed E-state index contributed by atoms with van der Waals surface area (Å²) < 4.78 is 77.0. The van der Waals surface area contributed by atoms with Gasteiger partial charge in [-0.2, -0.15) is 26.3 Å². The number of rotatable bonds is 2. The summed E-state index contributed by atoms with van der Waals surface area (Å²) in [6.45, 7) is 0. The second kappa shape index (κ2) is 5.04. The van der Waals surface area contributed by atoms with Crippen LogP contribution in [0.2, 0.25) is 0 Å². The fraction of sp³-hybridized carbons (Fsp3) is 0.167. The molecule has 1 heterocycles. The van der Waals surface area contributed by atoms with Gasteiger partial charge in [0, 0.05) is 5.69 Å². The van der Waals surface area contributed by atoms with Gasteiger partial charge in [-0.25, -0.2) is 9.78 Å². The van der Waals surface area contributed by atoms with Crippen LogP contribution in [0.15, 0.2) is 30.6 Å². The molecule has 0 radical (unpaired) electrons. The first kappa shape index (κ1) is 15.9. The zero-order chi connectivity index (χ0) is 16.7. The first-order valence-corrected chi connectivity index (χ1v) is 5.57. The van der Waals surface area contributed by atoms with E-state index in [0.717, 1.165) is 12.1 Å². The maximum Gasteiger partial charge on any atom is 0.434 e. The molecule has 0 fully saturated rings. The van der Waals surface area contributed by atoms with Crippen molar-refractivity contribution in [2.75, 3.05) is 0 Å². The number of imidazole rings is 1. The summed E-state index contributed by atoms with van der Waals surface area (Å²) in [6.07, 6.45) is -9.33. The highest BCUT2D eigenvalue weighted by atomic mass is 19.4. The number of carboxylic acid groups (broad SMARTS) is 1. The van der Waals surface area contributed by atoms with Gasteiger partial charge in [-0.05, 0) is 18.2 Å². The number of aromatic carboxylic acids is 1. The highest BCUT2D eigenvalue weighted by Gasteiger charge is 2.41. The summed E-state index contributed by atoms with van der Waals surface area (Å²) in [5, 5.41) is 8.72. The van der Waals surface area contributed by atoms with Gasteiger partial charge in [0.25, 0.3) is 0 Å². The molecule has 0 saturated carbocycles. The van der Waals surface area contributed by atoms with Gasteiger partial charge >= 0.3 is 18.3 Å². The Labute approximate surface area is 118 Å². The van der Waals surface area contributed by atoms with Crippen molar-refractivity contribution in [3.63, 3.8) is 0 Å². The van der Waals surface area contributed by atoms with Crippen molar-refractivity contribution < 1.29 is 36.2 Å². The van der Waals surface area contributed by atoms with Crippen molar-refractivity contribution in [3.05, 3.63) is 47.5 Å². The lowest BCUT2D eigenvalue weighted by Crippen LogP contribution is -2.17. The van der Waals surface area contributed by atoms with Gasteiger partial charge in [0.1, 0.15) is 6.33 Å². The van der Waals surface area contributed by atoms with Gasteiger partial charge in [0.05, 0.1) is 5.56 Å². The molecule has 0 aliphatic rings. The molecule has 0 atom stereocenters. The Kier molecular flexibility index (Phi) is 3.63. The van der Waals surface area contributed by atoms with E-state index in [9.17, 15) is 31.1 Å². The maximum atomic E-state index is 13.0. The zero-order valence-corrected chi connectivity index (χ0v) is 10.4. The summed E-state index contributed by atoms with van der Waals surface area (Å²) >= 11 is 0. The highest BCUT2D eigenvalue weighted by Crippen LogP contribution is 2.35. The molecule has 22 heavy (non-hydrogen) atoms. The molecule has 0 aliphatic carbocycles. The van der Waals surface area contributed by atoms with Gasteiger partial charge in [-0.1, -0.05) is 6.07 Å². The van der Waals surface area contributed by atoms with Crippen LogP contribution in [-0.4, -0.2) is 20.6 Å². The lowest BCUT2D eigenvalue weighted by Gasteiger charge is -2.13. The van der Waals surface area contributed by atoms with E-state index in [4.69, 9.17) is 5.11 Å². The molecular formula is C12H6F6N2O2. The summed E-state index contributed by atoms with van der Waals surface area (Å²) in [7, 11) is 0. The Bertz CT molecular complexity index is 717. The third-order valence-corrected chi connectivity index (χ3v) is 2.69. The molecule has 1 aromatic heterocycles. The van der Waals surface area contributed by atoms with Crippen molar-refractivity contribution in [3.8, 4) is 5.69 Å². The van der Waals surface area contributed by atoms with Crippen LogP contribution in [0.1, 0.15) is 21.7 Å². The van der Waals surface area contributed by atoms with E-state index >= 15 is 0 Å². The van der Waals surface area contributed by atoms with Crippen LogP contribution in [0.25, 0.3) is 5.69 Å². The van der Waals surface area contributed by atoms with E-state index in [1.165, 1.54) is 0 Å². The molecule has 10 heteroatoms. The lowest BCUT2D eigenvalue weighted by atomic mass is 10.2. The van der Waals surface area contributed by atoms with Crippen LogP contribution < -0.4 is 0 Å². The fourth-order valence-corrected chi connectivity index (χ4v) is 1.80. The third kappa shape index (κ3) is 2.90. The number of halogens is 6. The zero-order valence-electron chi connectivity index (χ0n) is 10.4.